The fraction of sp³-hybridized carbons (Fsp3) is 0.389. The number of carbonyl (C=O) groups is 2. The summed E-state index contributed by atoms with van der Waals surface area (Å²) in [7, 11) is -2.16. The molecule has 1 saturated heterocycles. The first kappa shape index (κ1) is 20.8. The molecule has 156 valence electrons. The molecule has 1 aliphatic rings. The molecule has 3 rings (SSSR count). The Bertz CT molecular complexity index is 1010. The highest BCUT2D eigenvalue weighted by Gasteiger charge is 2.32. The summed E-state index contributed by atoms with van der Waals surface area (Å²) in [6, 6.07) is 6.19. The summed E-state index contributed by atoms with van der Waals surface area (Å²) in [5.41, 5.74) is -0.329. The standard InChI is InChI=1S/C18H22N4O6S/c1-3-28-13-4-6-14(7-5-13)29(26,27)22-10-8-21(9-11-22)17(23)15-12-20(2)19-16(15)18(24)25/h4-7,12H,3,8-11H2,1-2H3,(H,24,25). The maximum absolute atomic E-state index is 12.8. The van der Waals surface area contributed by atoms with Crippen molar-refractivity contribution >= 4 is 21.9 Å². The number of aromatic nitrogens is 2. The summed E-state index contributed by atoms with van der Waals surface area (Å²) in [4.78, 5) is 25.6. The van der Waals surface area contributed by atoms with Crippen LogP contribution in [-0.2, 0) is 17.1 Å². The number of nitrogens with zero attached hydrogens (tertiary/aromatic N) is 4. The SMILES string of the molecule is CCOc1ccc(S(=O)(=O)N2CCN(C(=O)c3cn(C)nc3C(=O)O)CC2)cc1. The molecule has 1 aliphatic heterocycles. The summed E-state index contributed by atoms with van der Waals surface area (Å²) < 4.78 is 33.6. The number of aryl methyl sites for hydroxylation is 1. The molecule has 10 nitrogen and oxygen atoms in total. The Kier molecular flexibility index (Phi) is 5.89. The molecule has 0 unspecified atom stereocenters. The van der Waals surface area contributed by atoms with E-state index in [-0.39, 0.29) is 42.3 Å². The molecule has 0 atom stereocenters. The molecule has 2 heterocycles. The van der Waals surface area contributed by atoms with Crippen molar-refractivity contribution in [2.45, 2.75) is 11.8 Å². The average molecular weight is 422 g/mol. The third-order valence-electron chi connectivity index (χ3n) is 4.56. The van der Waals surface area contributed by atoms with E-state index in [2.05, 4.69) is 5.10 Å². The van der Waals surface area contributed by atoms with Gasteiger partial charge >= 0.3 is 5.97 Å². The highest BCUT2D eigenvalue weighted by Crippen LogP contribution is 2.21. The smallest absolute Gasteiger partial charge is 0.357 e. The first-order valence-electron chi connectivity index (χ1n) is 9.03. The van der Waals surface area contributed by atoms with Gasteiger partial charge < -0.3 is 14.7 Å². The van der Waals surface area contributed by atoms with Crippen LogP contribution >= 0.6 is 0 Å². The Morgan fingerprint density at radius 1 is 1.14 bits per heavy atom. The number of aromatic carboxylic acids is 1. The van der Waals surface area contributed by atoms with Crippen LogP contribution in [0.2, 0.25) is 0 Å². The second kappa shape index (κ2) is 8.21. The molecular formula is C18H22N4O6S. The van der Waals surface area contributed by atoms with Gasteiger partial charge in [-0.15, -0.1) is 0 Å². The second-order valence-corrected chi connectivity index (χ2v) is 8.41. The van der Waals surface area contributed by atoms with Gasteiger partial charge in [0.2, 0.25) is 10.0 Å². The van der Waals surface area contributed by atoms with Gasteiger partial charge in [-0.25, -0.2) is 13.2 Å². The third kappa shape index (κ3) is 4.25. The summed E-state index contributed by atoms with van der Waals surface area (Å²) in [6.07, 6.45) is 1.36. The van der Waals surface area contributed by atoms with E-state index in [1.54, 1.807) is 12.1 Å². The molecule has 0 spiro atoms. The Hall–Kier alpha value is -2.92. The van der Waals surface area contributed by atoms with Crippen LogP contribution in [0.4, 0.5) is 0 Å². The number of hydrogen-bond acceptors (Lipinski definition) is 6. The van der Waals surface area contributed by atoms with Gasteiger partial charge in [-0.2, -0.15) is 9.40 Å². The molecule has 1 aromatic heterocycles. The van der Waals surface area contributed by atoms with Gasteiger partial charge in [0.1, 0.15) is 5.75 Å². The van der Waals surface area contributed by atoms with Crippen LogP contribution in [0.1, 0.15) is 27.8 Å². The lowest BCUT2D eigenvalue weighted by atomic mass is 10.2. The van der Waals surface area contributed by atoms with E-state index in [9.17, 15) is 23.1 Å². The number of sulfonamides is 1. The predicted molar refractivity (Wildman–Crippen MR) is 102 cm³/mol. The Morgan fingerprint density at radius 3 is 2.31 bits per heavy atom. The third-order valence-corrected chi connectivity index (χ3v) is 6.47. The van der Waals surface area contributed by atoms with E-state index in [1.165, 1.54) is 39.3 Å². The molecule has 0 aliphatic carbocycles. The summed E-state index contributed by atoms with van der Waals surface area (Å²) in [5.74, 6) is -1.17. The normalized spacial score (nSPS) is 15.3. The lowest BCUT2D eigenvalue weighted by Gasteiger charge is -2.33. The minimum Gasteiger partial charge on any atom is -0.494 e. The predicted octanol–water partition coefficient (Wildman–Crippen LogP) is 0.664. The van der Waals surface area contributed by atoms with Gasteiger partial charge in [-0.3, -0.25) is 9.48 Å². The first-order chi connectivity index (χ1) is 13.7. The van der Waals surface area contributed by atoms with Gasteiger partial charge in [0.05, 0.1) is 17.1 Å². The van der Waals surface area contributed by atoms with E-state index in [1.807, 2.05) is 6.92 Å². The zero-order chi connectivity index (χ0) is 21.2. The van der Waals surface area contributed by atoms with Gasteiger partial charge in [0.25, 0.3) is 5.91 Å². The van der Waals surface area contributed by atoms with Crippen LogP contribution in [0.15, 0.2) is 35.4 Å². The minimum absolute atomic E-state index is 0.0113. The monoisotopic (exact) mass is 422 g/mol. The van der Waals surface area contributed by atoms with E-state index in [0.717, 1.165) is 0 Å². The van der Waals surface area contributed by atoms with Gasteiger partial charge in [0, 0.05) is 39.4 Å². The molecule has 1 fully saturated rings. The second-order valence-electron chi connectivity index (χ2n) is 6.47. The molecule has 0 saturated carbocycles. The quantitative estimate of drug-likeness (QED) is 0.726. The maximum atomic E-state index is 12.8. The molecule has 1 aromatic carbocycles. The minimum atomic E-state index is -3.70. The van der Waals surface area contributed by atoms with E-state index < -0.39 is 21.9 Å². The lowest BCUT2D eigenvalue weighted by Crippen LogP contribution is -2.50. The molecule has 2 aromatic rings. The molecule has 0 bridgehead atoms. The van der Waals surface area contributed by atoms with Crippen LogP contribution in [0, 0.1) is 0 Å². The first-order valence-corrected chi connectivity index (χ1v) is 10.5. The van der Waals surface area contributed by atoms with Crippen LogP contribution < -0.4 is 4.74 Å². The summed E-state index contributed by atoms with van der Waals surface area (Å²) in [6.45, 7) is 2.87. The number of carboxylic acid groups (broad SMARTS) is 1. The summed E-state index contributed by atoms with van der Waals surface area (Å²) in [5, 5.41) is 13.0. The van der Waals surface area contributed by atoms with Crippen molar-refractivity contribution < 1.29 is 27.9 Å². The van der Waals surface area contributed by atoms with E-state index >= 15 is 0 Å². The number of benzene rings is 1. The molecule has 29 heavy (non-hydrogen) atoms. The van der Waals surface area contributed by atoms with Crippen LogP contribution in [0.3, 0.4) is 0 Å². The zero-order valence-corrected chi connectivity index (χ0v) is 16.9. The topological polar surface area (TPSA) is 122 Å². The number of carboxylic acids is 1. The van der Waals surface area contributed by atoms with Crippen molar-refractivity contribution in [1.82, 2.24) is 19.0 Å². The number of amides is 1. The Balaban J connectivity index is 1.70. The van der Waals surface area contributed by atoms with Crippen molar-refractivity contribution in [3.63, 3.8) is 0 Å². The van der Waals surface area contributed by atoms with Crippen LogP contribution in [-0.4, -0.2) is 77.2 Å². The van der Waals surface area contributed by atoms with E-state index in [4.69, 9.17) is 4.74 Å². The van der Waals surface area contributed by atoms with Crippen molar-refractivity contribution in [3.8, 4) is 5.75 Å². The van der Waals surface area contributed by atoms with Crippen molar-refractivity contribution in [1.29, 1.82) is 0 Å². The largest absolute Gasteiger partial charge is 0.494 e. The summed E-state index contributed by atoms with van der Waals surface area (Å²) >= 11 is 0. The molecule has 1 amide bonds. The van der Waals surface area contributed by atoms with Crippen LogP contribution in [0.25, 0.3) is 0 Å². The zero-order valence-electron chi connectivity index (χ0n) is 16.1. The maximum Gasteiger partial charge on any atom is 0.357 e. The Morgan fingerprint density at radius 2 is 1.76 bits per heavy atom. The van der Waals surface area contributed by atoms with Crippen molar-refractivity contribution in [3.05, 3.63) is 41.7 Å². The number of hydrogen-bond donors (Lipinski definition) is 1. The van der Waals surface area contributed by atoms with E-state index in [0.29, 0.717) is 12.4 Å². The number of ether oxygens (including phenoxy) is 1. The van der Waals surface area contributed by atoms with Crippen LogP contribution in [0.5, 0.6) is 5.75 Å². The van der Waals surface area contributed by atoms with Gasteiger partial charge in [0.15, 0.2) is 5.69 Å². The number of rotatable bonds is 6. The highest BCUT2D eigenvalue weighted by molar-refractivity contribution is 7.89. The Labute approximate surface area is 168 Å². The lowest BCUT2D eigenvalue weighted by molar-refractivity contribution is 0.0652. The molecular weight excluding hydrogens is 400 g/mol. The molecule has 11 heteroatoms. The highest BCUT2D eigenvalue weighted by atomic mass is 32.2. The molecule has 0 radical (unpaired) electrons. The fourth-order valence-corrected chi connectivity index (χ4v) is 4.55. The number of piperazine rings is 1. The molecule has 1 N–H and O–H groups in total. The fourth-order valence-electron chi connectivity index (χ4n) is 3.13. The van der Waals surface area contributed by atoms with Crippen molar-refractivity contribution in [2.75, 3.05) is 32.8 Å². The van der Waals surface area contributed by atoms with Gasteiger partial charge in [-0.05, 0) is 31.2 Å². The van der Waals surface area contributed by atoms with Gasteiger partial charge in [-0.1, -0.05) is 0 Å². The average Bonchev–Trinajstić information content (AvgIpc) is 3.10. The number of carbonyl (C=O) groups excluding carboxylic acids is 1. The van der Waals surface area contributed by atoms with Crippen molar-refractivity contribution in [2.24, 2.45) is 7.05 Å².